The van der Waals surface area contributed by atoms with Crippen LogP contribution in [0, 0.1) is 5.92 Å². The molecule has 0 aromatic carbocycles. The smallest absolute Gasteiger partial charge is 0.0634 e. The van der Waals surface area contributed by atoms with Crippen molar-refractivity contribution in [1.82, 2.24) is 9.88 Å². The standard InChI is InChI=1S/C13H20ClN3.2ClH/c1-10(15)11-3-6-17(7-4-11)9-12-2-5-16-8-13(12)14;;/h2,5,8,10-11H,3-4,6-7,9,15H2,1H3;2*1H. The number of likely N-dealkylation sites (tertiary alicyclic amines) is 1. The number of aromatic nitrogens is 1. The fraction of sp³-hybridized carbons (Fsp3) is 0.615. The van der Waals surface area contributed by atoms with Gasteiger partial charge in [0, 0.05) is 25.0 Å². The molecule has 1 aliphatic rings. The van der Waals surface area contributed by atoms with E-state index < -0.39 is 0 Å². The van der Waals surface area contributed by atoms with Gasteiger partial charge in [-0.25, -0.2) is 0 Å². The van der Waals surface area contributed by atoms with E-state index in [1.807, 2.05) is 6.07 Å². The Labute approximate surface area is 132 Å². The van der Waals surface area contributed by atoms with E-state index in [1.54, 1.807) is 12.4 Å². The molecule has 1 saturated heterocycles. The van der Waals surface area contributed by atoms with Crippen molar-refractivity contribution in [3.05, 3.63) is 29.0 Å². The number of hydrogen-bond acceptors (Lipinski definition) is 3. The topological polar surface area (TPSA) is 42.1 Å². The largest absolute Gasteiger partial charge is 0.328 e. The van der Waals surface area contributed by atoms with E-state index in [2.05, 4.69) is 16.8 Å². The normalized spacial score (nSPS) is 18.3. The minimum Gasteiger partial charge on any atom is -0.328 e. The Balaban J connectivity index is 0.00000162. The lowest BCUT2D eigenvalue weighted by Crippen LogP contribution is -2.39. The molecule has 1 aliphatic heterocycles. The van der Waals surface area contributed by atoms with Gasteiger partial charge in [0.1, 0.15) is 0 Å². The Morgan fingerprint density at radius 3 is 2.58 bits per heavy atom. The third kappa shape index (κ3) is 5.44. The number of piperidine rings is 1. The highest BCUT2D eigenvalue weighted by atomic mass is 35.5. The summed E-state index contributed by atoms with van der Waals surface area (Å²) >= 11 is 6.11. The van der Waals surface area contributed by atoms with Crippen molar-refractivity contribution in [2.75, 3.05) is 13.1 Å². The molecule has 2 rings (SSSR count). The minimum atomic E-state index is 0. The summed E-state index contributed by atoms with van der Waals surface area (Å²) in [5, 5.41) is 0.766. The van der Waals surface area contributed by atoms with Crippen molar-refractivity contribution < 1.29 is 0 Å². The Bertz CT molecular complexity index is 366. The number of halogens is 3. The Morgan fingerprint density at radius 2 is 2.05 bits per heavy atom. The van der Waals surface area contributed by atoms with Gasteiger partial charge in [-0.1, -0.05) is 11.6 Å². The molecule has 0 saturated carbocycles. The molecule has 1 fully saturated rings. The Morgan fingerprint density at radius 1 is 1.42 bits per heavy atom. The highest BCUT2D eigenvalue weighted by molar-refractivity contribution is 6.31. The van der Waals surface area contributed by atoms with Crippen LogP contribution in [0.1, 0.15) is 25.3 Å². The highest BCUT2D eigenvalue weighted by Crippen LogP contribution is 2.22. The zero-order chi connectivity index (χ0) is 12.3. The zero-order valence-corrected chi connectivity index (χ0v) is 13.5. The van der Waals surface area contributed by atoms with Gasteiger partial charge >= 0.3 is 0 Å². The van der Waals surface area contributed by atoms with Crippen LogP contribution >= 0.6 is 36.4 Å². The molecule has 1 unspecified atom stereocenters. The SMILES string of the molecule is CC(N)C1CCN(Cc2ccncc2Cl)CC1.Cl.Cl. The van der Waals surface area contributed by atoms with Crippen LogP contribution in [-0.2, 0) is 6.54 Å². The first-order valence-electron chi connectivity index (χ1n) is 6.23. The molecule has 2 N–H and O–H groups in total. The van der Waals surface area contributed by atoms with Gasteiger partial charge < -0.3 is 5.73 Å². The summed E-state index contributed by atoms with van der Waals surface area (Å²) in [6, 6.07) is 2.32. The molecule has 2 heterocycles. The maximum atomic E-state index is 6.11. The molecule has 0 radical (unpaired) electrons. The predicted molar refractivity (Wildman–Crippen MR) is 85.4 cm³/mol. The van der Waals surface area contributed by atoms with Crippen molar-refractivity contribution in [3.63, 3.8) is 0 Å². The Kier molecular flexibility index (Phi) is 8.95. The second-order valence-electron chi connectivity index (χ2n) is 4.94. The molecular weight excluding hydrogens is 305 g/mol. The van der Waals surface area contributed by atoms with E-state index in [0.717, 1.165) is 24.7 Å². The van der Waals surface area contributed by atoms with Gasteiger partial charge in [0.05, 0.1) is 5.02 Å². The molecule has 1 aromatic heterocycles. The summed E-state index contributed by atoms with van der Waals surface area (Å²) in [4.78, 5) is 6.45. The minimum absolute atomic E-state index is 0. The number of hydrogen-bond donors (Lipinski definition) is 1. The third-order valence-corrected chi connectivity index (χ3v) is 3.97. The van der Waals surface area contributed by atoms with E-state index >= 15 is 0 Å². The average molecular weight is 327 g/mol. The fourth-order valence-electron chi connectivity index (χ4n) is 2.41. The van der Waals surface area contributed by atoms with E-state index in [-0.39, 0.29) is 24.8 Å². The number of pyridine rings is 1. The number of rotatable bonds is 3. The van der Waals surface area contributed by atoms with Crippen molar-refractivity contribution in [3.8, 4) is 0 Å². The first-order valence-corrected chi connectivity index (χ1v) is 6.61. The van der Waals surface area contributed by atoms with E-state index in [9.17, 15) is 0 Å². The molecule has 1 aromatic rings. The molecular formula is C13H22Cl3N3. The van der Waals surface area contributed by atoms with Crippen molar-refractivity contribution in [2.45, 2.75) is 32.4 Å². The molecule has 0 spiro atoms. The van der Waals surface area contributed by atoms with Gasteiger partial charge in [-0.3, -0.25) is 9.88 Å². The van der Waals surface area contributed by atoms with E-state index in [4.69, 9.17) is 17.3 Å². The molecule has 110 valence electrons. The highest BCUT2D eigenvalue weighted by Gasteiger charge is 2.22. The van der Waals surface area contributed by atoms with Gasteiger partial charge in [-0.2, -0.15) is 0 Å². The van der Waals surface area contributed by atoms with Crippen LogP contribution in [0.2, 0.25) is 5.02 Å². The Hall–Kier alpha value is -0.0600. The monoisotopic (exact) mass is 325 g/mol. The number of nitrogens with zero attached hydrogens (tertiary/aromatic N) is 2. The van der Waals surface area contributed by atoms with Crippen molar-refractivity contribution in [1.29, 1.82) is 0 Å². The van der Waals surface area contributed by atoms with Crippen LogP contribution in [0.5, 0.6) is 0 Å². The summed E-state index contributed by atoms with van der Waals surface area (Å²) < 4.78 is 0. The molecule has 1 atom stereocenters. The van der Waals surface area contributed by atoms with Crippen molar-refractivity contribution >= 4 is 36.4 Å². The molecule has 19 heavy (non-hydrogen) atoms. The van der Waals surface area contributed by atoms with Gasteiger partial charge in [0.2, 0.25) is 0 Å². The van der Waals surface area contributed by atoms with Crippen LogP contribution in [0.25, 0.3) is 0 Å². The summed E-state index contributed by atoms with van der Waals surface area (Å²) in [7, 11) is 0. The average Bonchev–Trinajstić information content (AvgIpc) is 2.33. The molecule has 3 nitrogen and oxygen atoms in total. The van der Waals surface area contributed by atoms with Crippen molar-refractivity contribution in [2.24, 2.45) is 11.7 Å². The number of nitrogens with two attached hydrogens (primary N) is 1. The molecule has 0 bridgehead atoms. The lowest BCUT2D eigenvalue weighted by Gasteiger charge is -2.33. The van der Waals surface area contributed by atoms with Crippen LogP contribution in [0.4, 0.5) is 0 Å². The second kappa shape index (κ2) is 8.98. The fourth-order valence-corrected chi connectivity index (χ4v) is 2.59. The van der Waals surface area contributed by atoms with Gasteiger partial charge in [-0.15, -0.1) is 24.8 Å². The molecule has 6 heteroatoms. The molecule has 0 aliphatic carbocycles. The molecule has 0 amide bonds. The first kappa shape index (κ1) is 18.9. The third-order valence-electron chi connectivity index (χ3n) is 3.63. The zero-order valence-electron chi connectivity index (χ0n) is 11.1. The van der Waals surface area contributed by atoms with Gasteiger partial charge in [0.25, 0.3) is 0 Å². The van der Waals surface area contributed by atoms with Gasteiger partial charge in [0.15, 0.2) is 0 Å². The van der Waals surface area contributed by atoms with E-state index in [0.29, 0.717) is 12.0 Å². The summed E-state index contributed by atoms with van der Waals surface area (Å²) in [5.41, 5.74) is 7.11. The van der Waals surface area contributed by atoms with Crippen LogP contribution < -0.4 is 5.73 Å². The maximum Gasteiger partial charge on any atom is 0.0634 e. The summed E-state index contributed by atoms with van der Waals surface area (Å²) in [6.45, 7) is 5.27. The summed E-state index contributed by atoms with van der Waals surface area (Å²) in [5.74, 6) is 0.680. The maximum absolute atomic E-state index is 6.11. The van der Waals surface area contributed by atoms with E-state index in [1.165, 1.54) is 18.4 Å². The van der Waals surface area contributed by atoms with Crippen LogP contribution in [0.15, 0.2) is 18.5 Å². The lowest BCUT2D eigenvalue weighted by molar-refractivity contribution is 0.166. The lowest BCUT2D eigenvalue weighted by atomic mass is 9.91. The second-order valence-corrected chi connectivity index (χ2v) is 5.35. The quantitative estimate of drug-likeness (QED) is 0.928. The summed E-state index contributed by atoms with van der Waals surface area (Å²) in [6.07, 6.45) is 5.91. The first-order chi connectivity index (χ1) is 8.16. The predicted octanol–water partition coefficient (Wildman–Crippen LogP) is 3.14. The van der Waals surface area contributed by atoms with Crippen LogP contribution in [-0.4, -0.2) is 29.0 Å². The van der Waals surface area contributed by atoms with Gasteiger partial charge in [-0.05, 0) is 50.4 Å². The van der Waals surface area contributed by atoms with Crippen LogP contribution in [0.3, 0.4) is 0 Å².